The van der Waals surface area contributed by atoms with Crippen LogP contribution in [0.3, 0.4) is 0 Å². The molecule has 0 radical (unpaired) electrons. The Balaban J connectivity index is 1.71. The number of aromatic nitrogens is 2. The Morgan fingerprint density at radius 3 is 2.83 bits per heavy atom. The van der Waals surface area contributed by atoms with Crippen LogP contribution in [0.5, 0.6) is 0 Å². The molecule has 1 aliphatic carbocycles. The molecule has 0 atom stereocenters. The first-order chi connectivity index (χ1) is 8.77. The molecule has 1 fully saturated rings. The number of nitrogens with zero attached hydrogens (tertiary/aromatic N) is 2. The first-order valence-electron chi connectivity index (χ1n) is 6.73. The molecular weight excluding hydrogens is 228 g/mol. The van der Waals surface area contributed by atoms with Gasteiger partial charge in [-0.15, -0.1) is 0 Å². The van der Waals surface area contributed by atoms with Crippen molar-refractivity contribution in [3.63, 3.8) is 0 Å². The molecule has 1 aliphatic rings. The third kappa shape index (κ3) is 2.90. The van der Waals surface area contributed by atoms with Gasteiger partial charge in [-0.05, 0) is 25.3 Å². The first-order valence-corrected chi connectivity index (χ1v) is 6.73. The van der Waals surface area contributed by atoms with Crippen molar-refractivity contribution < 1.29 is 4.79 Å². The van der Waals surface area contributed by atoms with Crippen molar-refractivity contribution in [3.8, 4) is 0 Å². The number of amides is 1. The number of nitrogens with one attached hydrogen (secondary N) is 1. The average molecular weight is 250 g/mol. The minimum atomic E-state index is -0.286. The number of nitrogens with two attached hydrogens (primary N) is 1. The molecule has 1 aromatic heterocycles. The first kappa shape index (κ1) is 13.1. The predicted molar refractivity (Wildman–Crippen MR) is 69.8 cm³/mol. The van der Waals surface area contributed by atoms with Crippen LogP contribution in [-0.2, 0) is 11.3 Å². The number of hydrogen-bond donors (Lipinski definition) is 2. The van der Waals surface area contributed by atoms with E-state index in [9.17, 15) is 4.79 Å². The highest BCUT2D eigenvalue weighted by Gasteiger charge is 2.39. The highest BCUT2D eigenvalue weighted by atomic mass is 16.2. The van der Waals surface area contributed by atoms with Crippen LogP contribution in [-0.4, -0.2) is 28.8 Å². The van der Waals surface area contributed by atoms with E-state index < -0.39 is 0 Å². The Morgan fingerprint density at radius 2 is 2.22 bits per heavy atom. The molecule has 0 saturated heterocycles. The van der Waals surface area contributed by atoms with Crippen molar-refractivity contribution >= 4 is 5.91 Å². The number of rotatable bonds is 6. The Labute approximate surface area is 108 Å². The smallest absolute Gasteiger partial charge is 0.227 e. The lowest BCUT2D eigenvalue weighted by atomic mass is 9.85. The molecule has 0 aromatic carbocycles. The quantitative estimate of drug-likeness (QED) is 0.737. The SMILES string of the molecule is NCC1(C(=O)NCCCn2cccn2)CCCC1. The summed E-state index contributed by atoms with van der Waals surface area (Å²) >= 11 is 0. The summed E-state index contributed by atoms with van der Waals surface area (Å²) in [4.78, 5) is 12.1. The van der Waals surface area contributed by atoms with E-state index in [1.807, 2.05) is 16.9 Å². The fourth-order valence-electron chi connectivity index (χ4n) is 2.64. The zero-order chi connectivity index (χ0) is 12.8. The Bertz CT molecular complexity index is 368. The second kappa shape index (κ2) is 6.00. The van der Waals surface area contributed by atoms with E-state index in [1.54, 1.807) is 6.20 Å². The monoisotopic (exact) mass is 250 g/mol. The van der Waals surface area contributed by atoms with Gasteiger partial charge in [-0.25, -0.2) is 0 Å². The van der Waals surface area contributed by atoms with Crippen molar-refractivity contribution in [3.05, 3.63) is 18.5 Å². The van der Waals surface area contributed by atoms with Gasteiger partial charge in [0.05, 0.1) is 5.41 Å². The largest absolute Gasteiger partial charge is 0.356 e. The van der Waals surface area contributed by atoms with E-state index >= 15 is 0 Å². The summed E-state index contributed by atoms with van der Waals surface area (Å²) in [5, 5.41) is 7.14. The fraction of sp³-hybridized carbons (Fsp3) is 0.692. The summed E-state index contributed by atoms with van der Waals surface area (Å²) in [6.45, 7) is 2.00. The van der Waals surface area contributed by atoms with Crippen molar-refractivity contribution in [2.24, 2.45) is 11.1 Å². The van der Waals surface area contributed by atoms with Gasteiger partial charge in [0.25, 0.3) is 0 Å². The molecule has 5 heteroatoms. The third-order valence-electron chi connectivity index (χ3n) is 3.84. The molecule has 1 heterocycles. The van der Waals surface area contributed by atoms with Crippen LogP contribution < -0.4 is 11.1 Å². The molecule has 2 rings (SSSR count). The van der Waals surface area contributed by atoms with Gasteiger partial charge in [-0.1, -0.05) is 12.8 Å². The predicted octanol–water partition coefficient (Wildman–Crippen LogP) is 0.908. The molecule has 0 aliphatic heterocycles. The summed E-state index contributed by atoms with van der Waals surface area (Å²) in [5.41, 5.74) is 5.49. The molecule has 100 valence electrons. The summed E-state index contributed by atoms with van der Waals surface area (Å²) in [6.07, 6.45) is 8.72. The van der Waals surface area contributed by atoms with Crippen LogP contribution in [0.25, 0.3) is 0 Å². The lowest BCUT2D eigenvalue weighted by Gasteiger charge is -2.25. The number of aryl methyl sites for hydroxylation is 1. The fourth-order valence-corrected chi connectivity index (χ4v) is 2.64. The minimum absolute atomic E-state index is 0.142. The third-order valence-corrected chi connectivity index (χ3v) is 3.84. The summed E-state index contributed by atoms with van der Waals surface area (Å²) in [6, 6.07) is 1.90. The van der Waals surface area contributed by atoms with Gasteiger partial charge in [-0.2, -0.15) is 5.10 Å². The highest BCUT2D eigenvalue weighted by molar-refractivity contribution is 5.83. The van der Waals surface area contributed by atoms with Crippen molar-refractivity contribution in [2.75, 3.05) is 13.1 Å². The average Bonchev–Trinajstić information content (AvgIpc) is 3.05. The molecule has 0 unspecified atom stereocenters. The van der Waals surface area contributed by atoms with Gasteiger partial charge in [-0.3, -0.25) is 9.48 Å². The van der Waals surface area contributed by atoms with Crippen LogP contribution >= 0.6 is 0 Å². The van der Waals surface area contributed by atoms with E-state index in [0.29, 0.717) is 13.1 Å². The number of hydrogen-bond acceptors (Lipinski definition) is 3. The molecule has 18 heavy (non-hydrogen) atoms. The molecule has 1 aromatic rings. The maximum Gasteiger partial charge on any atom is 0.227 e. The summed E-state index contributed by atoms with van der Waals surface area (Å²) in [7, 11) is 0. The van der Waals surface area contributed by atoms with Gasteiger partial charge >= 0.3 is 0 Å². The zero-order valence-corrected chi connectivity index (χ0v) is 10.8. The van der Waals surface area contributed by atoms with Crippen LogP contribution in [0, 0.1) is 5.41 Å². The van der Waals surface area contributed by atoms with Gasteiger partial charge in [0, 0.05) is 32.0 Å². The van der Waals surface area contributed by atoms with E-state index in [4.69, 9.17) is 5.73 Å². The van der Waals surface area contributed by atoms with Crippen LogP contribution in [0.4, 0.5) is 0 Å². The maximum absolute atomic E-state index is 12.1. The summed E-state index contributed by atoms with van der Waals surface area (Å²) in [5.74, 6) is 0.142. The van der Waals surface area contributed by atoms with Gasteiger partial charge in [0.1, 0.15) is 0 Å². The highest BCUT2D eigenvalue weighted by Crippen LogP contribution is 2.37. The maximum atomic E-state index is 12.1. The van der Waals surface area contributed by atoms with Crippen LogP contribution in [0.1, 0.15) is 32.1 Å². The second-order valence-electron chi connectivity index (χ2n) is 5.07. The Morgan fingerprint density at radius 1 is 1.44 bits per heavy atom. The number of carbonyl (C=O) groups excluding carboxylic acids is 1. The van der Waals surface area contributed by atoms with Crippen molar-refractivity contribution in [1.29, 1.82) is 0 Å². The minimum Gasteiger partial charge on any atom is -0.356 e. The second-order valence-corrected chi connectivity index (χ2v) is 5.07. The van der Waals surface area contributed by atoms with E-state index in [1.165, 1.54) is 0 Å². The molecule has 0 bridgehead atoms. The van der Waals surface area contributed by atoms with E-state index in [2.05, 4.69) is 10.4 Å². The Hall–Kier alpha value is -1.36. The Kier molecular flexibility index (Phi) is 4.36. The van der Waals surface area contributed by atoms with Crippen molar-refractivity contribution in [1.82, 2.24) is 15.1 Å². The van der Waals surface area contributed by atoms with E-state index in [-0.39, 0.29) is 11.3 Å². The molecular formula is C13H22N4O. The summed E-state index contributed by atoms with van der Waals surface area (Å²) < 4.78 is 1.88. The van der Waals surface area contributed by atoms with Gasteiger partial charge in [0.2, 0.25) is 5.91 Å². The lowest BCUT2D eigenvalue weighted by Crippen LogP contribution is -2.44. The normalized spacial score (nSPS) is 17.8. The molecule has 0 spiro atoms. The molecule has 5 nitrogen and oxygen atoms in total. The van der Waals surface area contributed by atoms with Gasteiger partial charge < -0.3 is 11.1 Å². The standard InChI is InChI=1S/C13H22N4O/c14-11-13(5-1-2-6-13)12(18)15-7-3-9-17-10-4-8-16-17/h4,8,10H,1-3,5-7,9,11,14H2,(H,15,18). The zero-order valence-electron chi connectivity index (χ0n) is 10.8. The lowest BCUT2D eigenvalue weighted by molar-refractivity contribution is -0.130. The van der Waals surface area contributed by atoms with Crippen LogP contribution in [0.2, 0.25) is 0 Å². The molecule has 1 amide bonds. The van der Waals surface area contributed by atoms with Crippen LogP contribution in [0.15, 0.2) is 18.5 Å². The number of carbonyl (C=O) groups is 1. The van der Waals surface area contributed by atoms with Crippen molar-refractivity contribution in [2.45, 2.75) is 38.6 Å². The topological polar surface area (TPSA) is 72.9 Å². The van der Waals surface area contributed by atoms with E-state index in [0.717, 1.165) is 38.6 Å². The molecule has 3 N–H and O–H groups in total. The molecule has 1 saturated carbocycles. The van der Waals surface area contributed by atoms with Gasteiger partial charge in [0.15, 0.2) is 0 Å².